The lowest BCUT2D eigenvalue weighted by Crippen LogP contribution is -2.42. The summed E-state index contributed by atoms with van der Waals surface area (Å²) < 4.78 is 5.61. The highest BCUT2D eigenvalue weighted by Crippen LogP contribution is 2.32. The van der Waals surface area contributed by atoms with Crippen molar-refractivity contribution in [2.75, 3.05) is 75.2 Å². The maximum absolute atomic E-state index is 5.61. The molecule has 2 fully saturated rings. The zero-order chi connectivity index (χ0) is 26.1. The van der Waals surface area contributed by atoms with Crippen LogP contribution in [-0.2, 0) is 11.3 Å². The van der Waals surface area contributed by atoms with E-state index in [0.29, 0.717) is 25.8 Å². The van der Waals surface area contributed by atoms with E-state index in [1.54, 1.807) is 6.33 Å². The molecule has 0 amide bonds. The first-order valence-electron chi connectivity index (χ1n) is 13.5. The van der Waals surface area contributed by atoms with Crippen LogP contribution in [0.5, 0.6) is 0 Å². The molecule has 2 aliphatic rings. The zero-order valence-corrected chi connectivity index (χ0v) is 22.5. The van der Waals surface area contributed by atoms with E-state index in [1.165, 1.54) is 16.3 Å². The topological polar surface area (TPSA) is 73.8 Å². The van der Waals surface area contributed by atoms with Crippen LogP contribution in [0.25, 0.3) is 21.8 Å². The summed E-state index contributed by atoms with van der Waals surface area (Å²) in [7, 11) is 6.43. The summed E-state index contributed by atoms with van der Waals surface area (Å²) in [4.78, 5) is 28.8. The summed E-state index contributed by atoms with van der Waals surface area (Å²) in [6, 6.07) is 15.6. The van der Waals surface area contributed by atoms with Crippen molar-refractivity contribution < 1.29 is 4.74 Å². The molecule has 0 spiro atoms. The van der Waals surface area contributed by atoms with Crippen LogP contribution < -0.4 is 14.7 Å². The lowest BCUT2D eigenvalue weighted by atomic mass is 10.0. The van der Waals surface area contributed by atoms with Gasteiger partial charge in [0.15, 0.2) is 11.6 Å². The van der Waals surface area contributed by atoms with Crippen LogP contribution in [0.2, 0.25) is 0 Å². The fourth-order valence-corrected chi connectivity index (χ4v) is 5.67. The lowest BCUT2D eigenvalue weighted by Gasteiger charge is -2.35. The maximum Gasteiger partial charge on any atom is 0.228 e. The first-order chi connectivity index (χ1) is 18.6. The summed E-state index contributed by atoms with van der Waals surface area (Å²) in [5, 5.41) is 2.50. The molecule has 2 aliphatic heterocycles. The van der Waals surface area contributed by atoms with Gasteiger partial charge in [0.1, 0.15) is 17.4 Å². The first kappa shape index (κ1) is 24.8. The van der Waals surface area contributed by atoms with Crippen LogP contribution in [-0.4, -0.2) is 91.4 Å². The molecule has 2 saturated heterocycles. The molecule has 0 bridgehead atoms. The minimum atomic E-state index is 0.590. The number of morpholine rings is 1. The van der Waals surface area contributed by atoms with Crippen molar-refractivity contribution in [3.63, 3.8) is 0 Å². The number of ether oxygens (including phenoxy) is 1. The van der Waals surface area contributed by atoms with Crippen molar-refractivity contribution in [2.24, 2.45) is 0 Å². The number of nitrogens with zero attached hydrogens (tertiary/aromatic N) is 8. The van der Waals surface area contributed by atoms with Crippen LogP contribution in [0, 0.1) is 0 Å². The van der Waals surface area contributed by atoms with Crippen molar-refractivity contribution in [3.05, 3.63) is 54.4 Å². The number of benzene rings is 2. The van der Waals surface area contributed by atoms with Gasteiger partial charge in [-0.3, -0.25) is 0 Å². The van der Waals surface area contributed by atoms with Gasteiger partial charge in [-0.2, -0.15) is 4.98 Å². The van der Waals surface area contributed by atoms with Crippen LogP contribution >= 0.6 is 0 Å². The van der Waals surface area contributed by atoms with E-state index >= 15 is 0 Å². The number of piperidine rings is 1. The van der Waals surface area contributed by atoms with Crippen LogP contribution in [0.15, 0.2) is 48.8 Å². The molecule has 0 radical (unpaired) electrons. The van der Waals surface area contributed by atoms with E-state index in [0.717, 1.165) is 67.6 Å². The number of hydrogen-bond acceptors (Lipinski definition) is 9. The number of anilines is 3. The quantitative estimate of drug-likeness (QED) is 0.385. The second-order valence-electron chi connectivity index (χ2n) is 10.5. The smallest absolute Gasteiger partial charge is 0.228 e. The number of fused-ring (bicyclic) bond motifs is 2. The predicted molar refractivity (Wildman–Crippen MR) is 153 cm³/mol. The molecule has 0 aliphatic carbocycles. The normalized spacial score (nSPS) is 17.1. The molecular formula is C29H36N8O. The van der Waals surface area contributed by atoms with Crippen molar-refractivity contribution >= 4 is 39.4 Å². The van der Waals surface area contributed by atoms with Gasteiger partial charge >= 0.3 is 0 Å². The Labute approximate surface area is 224 Å². The van der Waals surface area contributed by atoms with Crippen LogP contribution in [0.1, 0.15) is 18.4 Å². The molecule has 2 aromatic carbocycles. The molecule has 0 N–H and O–H groups in total. The molecule has 9 heteroatoms. The van der Waals surface area contributed by atoms with Crippen molar-refractivity contribution in [3.8, 4) is 0 Å². The first-order valence-corrected chi connectivity index (χ1v) is 13.5. The van der Waals surface area contributed by atoms with Gasteiger partial charge in [-0.25, -0.2) is 15.0 Å². The molecule has 6 rings (SSSR count). The van der Waals surface area contributed by atoms with Gasteiger partial charge in [-0.15, -0.1) is 0 Å². The van der Waals surface area contributed by atoms with Crippen molar-refractivity contribution in [1.82, 2.24) is 24.8 Å². The van der Waals surface area contributed by atoms with E-state index in [9.17, 15) is 0 Å². The Hall–Kier alpha value is -3.56. The Kier molecular flexibility index (Phi) is 6.95. The van der Waals surface area contributed by atoms with Gasteiger partial charge < -0.3 is 24.3 Å². The molecule has 0 saturated carbocycles. The SMILES string of the molecule is CN(Cc1cccc2ccccc12)c1nc(N2CCC(N(C)C)CC2)nc2c(N3CCOCC3)ncnc12. The largest absolute Gasteiger partial charge is 0.378 e. The van der Waals surface area contributed by atoms with Gasteiger partial charge in [0.05, 0.1) is 13.2 Å². The van der Waals surface area contributed by atoms with E-state index in [1.807, 2.05) is 0 Å². The molecule has 38 heavy (non-hydrogen) atoms. The van der Waals surface area contributed by atoms with Crippen molar-refractivity contribution in [2.45, 2.75) is 25.4 Å². The second-order valence-corrected chi connectivity index (χ2v) is 10.5. The van der Waals surface area contributed by atoms with Crippen LogP contribution in [0.4, 0.5) is 17.6 Å². The van der Waals surface area contributed by atoms with E-state index in [2.05, 4.69) is 83.2 Å². The third-order valence-electron chi connectivity index (χ3n) is 7.87. The molecule has 9 nitrogen and oxygen atoms in total. The van der Waals surface area contributed by atoms with Gasteiger partial charge in [0.2, 0.25) is 5.95 Å². The summed E-state index contributed by atoms with van der Waals surface area (Å²) in [5.74, 6) is 2.47. The Balaban J connectivity index is 1.41. The predicted octanol–water partition coefficient (Wildman–Crippen LogP) is 3.58. The summed E-state index contributed by atoms with van der Waals surface area (Å²) in [6.45, 7) is 5.54. The minimum absolute atomic E-state index is 0.590. The fraction of sp³-hybridized carbons (Fsp3) is 0.448. The molecule has 4 heterocycles. The molecule has 2 aromatic heterocycles. The Bertz CT molecular complexity index is 1410. The Morgan fingerprint density at radius 3 is 2.39 bits per heavy atom. The van der Waals surface area contributed by atoms with E-state index < -0.39 is 0 Å². The van der Waals surface area contributed by atoms with Gasteiger partial charge in [-0.1, -0.05) is 42.5 Å². The minimum Gasteiger partial charge on any atom is -0.378 e. The average molecular weight is 513 g/mol. The maximum atomic E-state index is 5.61. The molecule has 4 aromatic rings. The third kappa shape index (κ3) is 4.83. The number of rotatable bonds is 6. The summed E-state index contributed by atoms with van der Waals surface area (Å²) in [6.07, 6.45) is 3.84. The van der Waals surface area contributed by atoms with E-state index in [4.69, 9.17) is 24.7 Å². The van der Waals surface area contributed by atoms with Crippen molar-refractivity contribution in [1.29, 1.82) is 0 Å². The van der Waals surface area contributed by atoms with Crippen LogP contribution in [0.3, 0.4) is 0 Å². The molecular weight excluding hydrogens is 476 g/mol. The molecule has 198 valence electrons. The highest BCUT2D eigenvalue weighted by atomic mass is 16.5. The second kappa shape index (κ2) is 10.7. The van der Waals surface area contributed by atoms with Gasteiger partial charge in [0, 0.05) is 45.8 Å². The standard InChI is InChI=1S/C29H36N8O/c1-34(2)23-11-13-37(14-12-23)29-32-26-25(30-20-31-27(26)36-15-17-38-18-16-36)28(33-29)35(3)19-22-9-6-8-21-7-4-5-10-24(21)22/h4-10,20,23H,11-19H2,1-3H3. The average Bonchev–Trinajstić information content (AvgIpc) is 2.97. The fourth-order valence-electron chi connectivity index (χ4n) is 5.67. The lowest BCUT2D eigenvalue weighted by molar-refractivity contribution is 0.122. The number of hydrogen-bond donors (Lipinski definition) is 0. The Morgan fingerprint density at radius 2 is 1.61 bits per heavy atom. The number of aromatic nitrogens is 4. The zero-order valence-electron chi connectivity index (χ0n) is 22.5. The molecule has 0 atom stereocenters. The van der Waals surface area contributed by atoms with Gasteiger partial charge in [0.25, 0.3) is 0 Å². The third-order valence-corrected chi connectivity index (χ3v) is 7.87. The highest BCUT2D eigenvalue weighted by molar-refractivity contribution is 5.94. The summed E-state index contributed by atoms with van der Waals surface area (Å²) in [5.41, 5.74) is 2.86. The monoisotopic (exact) mass is 512 g/mol. The highest BCUT2D eigenvalue weighted by Gasteiger charge is 2.26. The summed E-state index contributed by atoms with van der Waals surface area (Å²) >= 11 is 0. The van der Waals surface area contributed by atoms with Gasteiger partial charge in [-0.05, 0) is 43.3 Å². The molecule has 0 unspecified atom stereocenters. The van der Waals surface area contributed by atoms with E-state index in [-0.39, 0.29) is 0 Å². The Morgan fingerprint density at radius 1 is 0.842 bits per heavy atom.